The summed E-state index contributed by atoms with van der Waals surface area (Å²) in [5, 5.41) is 8.70. The molecule has 0 heterocycles. The van der Waals surface area contributed by atoms with Crippen LogP contribution in [0.4, 0.5) is 0 Å². The second-order valence-electron chi connectivity index (χ2n) is 3.22. The van der Waals surface area contributed by atoms with Gasteiger partial charge in [0.2, 0.25) is 0 Å². The Balaban J connectivity index is 0.000000605. The van der Waals surface area contributed by atoms with Crippen LogP contribution in [0.2, 0.25) is 0 Å². The first-order valence-electron chi connectivity index (χ1n) is 3.68. The van der Waals surface area contributed by atoms with Gasteiger partial charge in [0, 0.05) is 32.7 Å². The zero-order valence-electron chi connectivity index (χ0n) is 6.73. The third kappa shape index (κ3) is 1.95. The van der Waals surface area contributed by atoms with E-state index in [1.54, 1.807) is 0 Å². The molecule has 0 amide bonds. The van der Waals surface area contributed by atoms with Crippen molar-refractivity contribution >= 4 is 5.97 Å². The van der Waals surface area contributed by atoms with Crippen LogP contribution < -0.4 is 0 Å². The molecule has 3 unspecified atom stereocenters. The smallest absolute Gasteiger partial charge is 0.307 e. The molecule has 12 heavy (non-hydrogen) atoms. The zero-order valence-corrected chi connectivity index (χ0v) is 9.57. The van der Waals surface area contributed by atoms with E-state index in [9.17, 15) is 4.79 Å². The van der Waals surface area contributed by atoms with Crippen molar-refractivity contribution in [3.63, 3.8) is 0 Å². The normalized spacial score (nSPS) is 35.5. The average molecular weight is 245 g/mol. The van der Waals surface area contributed by atoms with Crippen LogP contribution in [-0.4, -0.2) is 16.6 Å². The van der Waals surface area contributed by atoms with E-state index in [1.165, 1.54) is 0 Å². The molecule has 0 saturated heterocycles. The van der Waals surface area contributed by atoms with Gasteiger partial charge in [-0.15, -0.1) is 0 Å². The second kappa shape index (κ2) is 4.49. The van der Waals surface area contributed by atoms with Crippen molar-refractivity contribution in [2.24, 2.45) is 17.8 Å². The predicted octanol–water partition coefficient (Wildman–Crippen LogP) is 0.456. The SMILES string of the molecule is O.O=C(O)C1CC2C=CC1C2.[Y]. The van der Waals surface area contributed by atoms with Crippen molar-refractivity contribution in [1.29, 1.82) is 0 Å². The molecule has 2 aliphatic carbocycles. The van der Waals surface area contributed by atoms with E-state index in [-0.39, 0.29) is 44.1 Å². The minimum absolute atomic E-state index is 0. The topological polar surface area (TPSA) is 68.8 Å². The molecule has 3 N–H and O–H groups in total. The van der Waals surface area contributed by atoms with Gasteiger partial charge in [-0.1, -0.05) is 12.2 Å². The Hall–Kier alpha value is 0.274. The van der Waals surface area contributed by atoms with Crippen molar-refractivity contribution in [3.05, 3.63) is 12.2 Å². The standard InChI is InChI=1S/C8H10O2.H2O.Y/c9-8(10)7-4-5-1-2-6(7)3-5;;/h1-2,5-7H,3-4H2,(H,9,10);1H2;. The molecule has 3 nitrogen and oxygen atoms in total. The molecule has 2 bridgehead atoms. The molecule has 3 atom stereocenters. The minimum Gasteiger partial charge on any atom is -0.481 e. The van der Waals surface area contributed by atoms with Crippen LogP contribution >= 0.6 is 0 Å². The Bertz CT molecular complexity index is 202. The van der Waals surface area contributed by atoms with Crippen LogP contribution in [0.15, 0.2) is 12.2 Å². The van der Waals surface area contributed by atoms with E-state index in [4.69, 9.17) is 5.11 Å². The number of rotatable bonds is 1. The van der Waals surface area contributed by atoms with E-state index in [0.717, 1.165) is 12.8 Å². The second-order valence-corrected chi connectivity index (χ2v) is 3.22. The van der Waals surface area contributed by atoms with Gasteiger partial charge in [0.05, 0.1) is 5.92 Å². The molecule has 0 aliphatic heterocycles. The van der Waals surface area contributed by atoms with E-state index < -0.39 is 5.97 Å². The molecule has 1 saturated carbocycles. The molecular weight excluding hydrogens is 233 g/mol. The van der Waals surface area contributed by atoms with Crippen LogP contribution in [0.1, 0.15) is 12.8 Å². The monoisotopic (exact) mass is 245 g/mol. The van der Waals surface area contributed by atoms with Crippen molar-refractivity contribution in [3.8, 4) is 0 Å². The maximum atomic E-state index is 10.6. The molecule has 2 rings (SSSR count). The number of hydrogen-bond acceptors (Lipinski definition) is 1. The summed E-state index contributed by atoms with van der Waals surface area (Å²) in [4.78, 5) is 10.6. The van der Waals surface area contributed by atoms with E-state index in [0.29, 0.717) is 11.8 Å². The number of carboxylic acids is 1. The van der Waals surface area contributed by atoms with Gasteiger partial charge in [0.25, 0.3) is 0 Å². The number of carboxylic acid groups (broad SMARTS) is 1. The van der Waals surface area contributed by atoms with Crippen molar-refractivity contribution < 1.29 is 48.1 Å². The summed E-state index contributed by atoms with van der Waals surface area (Å²) in [6, 6.07) is 0. The molecule has 1 fully saturated rings. The third-order valence-corrected chi connectivity index (χ3v) is 2.60. The summed E-state index contributed by atoms with van der Waals surface area (Å²) in [5.74, 6) is 0.237. The van der Waals surface area contributed by atoms with E-state index >= 15 is 0 Å². The minimum atomic E-state index is -0.614. The summed E-state index contributed by atoms with van der Waals surface area (Å²) in [6.45, 7) is 0. The largest absolute Gasteiger partial charge is 0.481 e. The third-order valence-electron chi connectivity index (χ3n) is 2.60. The molecule has 2 aliphatic rings. The Kier molecular flexibility index (Phi) is 4.60. The molecule has 1 radical (unpaired) electrons. The molecule has 0 aromatic carbocycles. The summed E-state index contributed by atoms with van der Waals surface area (Å²) in [7, 11) is 0. The van der Waals surface area contributed by atoms with Crippen LogP contribution in [0, 0.1) is 17.8 Å². The summed E-state index contributed by atoms with van der Waals surface area (Å²) in [6.07, 6.45) is 6.17. The maximum Gasteiger partial charge on any atom is 0.307 e. The van der Waals surface area contributed by atoms with Crippen molar-refractivity contribution in [2.45, 2.75) is 12.8 Å². The molecule has 0 aromatic rings. The fourth-order valence-corrected chi connectivity index (χ4v) is 2.06. The summed E-state index contributed by atoms with van der Waals surface area (Å²) in [5.41, 5.74) is 0. The Morgan fingerprint density at radius 1 is 1.33 bits per heavy atom. The zero-order chi connectivity index (χ0) is 7.14. The Morgan fingerprint density at radius 2 is 2.00 bits per heavy atom. The first-order chi connectivity index (χ1) is 4.77. The van der Waals surface area contributed by atoms with Gasteiger partial charge in [-0.2, -0.15) is 0 Å². The van der Waals surface area contributed by atoms with Crippen LogP contribution in [0.3, 0.4) is 0 Å². The Labute approximate surface area is 96.4 Å². The number of aliphatic carboxylic acids is 1. The van der Waals surface area contributed by atoms with Gasteiger partial charge in [0.1, 0.15) is 0 Å². The maximum absolute atomic E-state index is 10.6. The molecular formula is C8H12O3Y. The van der Waals surface area contributed by atoms with Gasteiger partial charge in [-0.3, -0.25) is 4.79 Å². The number of carbonyl (C=O) groups is 1. The van der Waals surface area contributed by atoms with Crippen molar-refractivity contribution in [1.82, 2.24) is 0 Å². The summed E-state index contributed by atoms with van der Waals surface area (Å²) < 4.78 is 0. The average Bonchev–Trinajstić information content (AvgIpc) is 2.44. The fraction of sp³-hybridized carbons (Fsp3) is 0.625. The number of allylic oxidation sites excluding steroid dienone is 2. The van der Waals surface area contributed by atoms with Crippen LogP contribution in [-0.2, 0) is 37.5 Å². The molecule has 0 aromatic heterocycles. The fourth-order valence-electron chi connectivity index (χ4n) is 2.06. The number of hydrogen-bond donors (Lipinski definition) is 1. The van der Waals surface area contributed by atoms with E-state index in [2.05, 4.69) is 12.2 Å². The van der Waals surface area contributed by atoms with Crippen LogP contribution in [0.5, 0.6) is 0 Å². The van der Waals surface area contributed by atoms with Crippen molar-refractivity contribution in [2.75, 3.05) is 0 Å². The van der Waals surface area contributed by atoms with Gasteiger partial charge in [-0.25, -0.2) is 0 Å². The molecule has 0 spiro atoms. The molecule has 4 heteroatoms. The summed E-state index contributed by atoms with van der Waals surface area (Å²) >= 11 is 0. The van der Waals surface area contributed by atoms with Gasteiger partial charge in [0.15, 0.2) is 0 Å². The van der Waals surface area contributed by atoms with Gasteiger partial charge in [-0.05, 0) is 24.7 Å². The predicted molar refractivity (Wildman–Crippen MR) is 40.1 cm³/mol. The van der Waals surface area contributed by atoms with Gasteiger partial charge >= 0.3 is 5.97 Å². The van der Waals surface area contributed by atoms with Crippen LogP contribution in [0.25, 0.3) is 0 Å². The number of fused-ring (bicyclic) bond motifs is 2. The Morgan fingerprint density at radius 3 is 2.25 bits per heavy atom. The first kappa shape index (κ1) is 12.3. The van der Waals surface area contributed by atoms with Gasteiger partial charge < -0.3 is 10.6 Å². The first-order valence-corrected chi connectivity index (χ1v) is 3.68. The quantitative estimate of drug-likeness (QED) is 0.681. The van der Waals surface area contributed by atoms with E-state index in [1.807, 2.05) is 0 Å². The molecule has 65 valence electrons.